The second kappa shape index (κ2) is 4.53. The Morgan fingerprint density at radius 2 is 2.12 bits per heavy atom. The first-order valence-corrected chi connectivity index (χ1v) is 6.75. The molecule has 16 heavy (non-hydrogen) atoms. The summed E-state index contributed by atoms with van der Waals surface area (Å²) in [6, 6.07) is 3.76. The molecule has 0 saturated heterocycles. The van der Waals surface area contributed by atoms with Crippen LogP contribution in [0.25, 0.3) is 0 Å². The molecule has 1 unspecified atom stereocenters. The second-order valence-corrected chi connectivity index (χ2v) is 6.16. The van der Waals surface area contributed by atoms with Crippen LogP contribution in [-0.4, -0.2) is 0 Å². The van der Waals surface area contributed by atoms with Crippen LogP contribution < -0.4 is 5.73 Å². The Labute approximate surface area is 112 Å². The Morgan fingerprint density at radius 3 is 2.56 bits per heavy atom. The minimum atomic E-state index is -0.175. The van der Waals surface area contributed by atoms with E-state index in [-0.39, 0.29) is 6.04 Å². The molecular formula is C11H11BrClNOS. The SMILES string of the molecule is Cc1cc(C(N)c2cc(Br)c(Cl)s2)c(C)o1. The molecule has 2 heterocycles. The smallest absolute Gasteiger partial charge is 0.107 e. The molecule has 0 amide bonds. The highest BCUT2D eigenvalue weighted by molar-refractivity contribution is 9.10. The van der Waals surface area contributed by atoms with Crippen molar-refractivity contribution in [3.05, 3.63) is 42.9 Å². The van der Waals surface area contributed by atoms with Gasteiger partial charge in [-0.1, -0.05) is 11.6 Å². The van der Waals surface area contributed by atoms with Crippen molar-refractivity contribution < 1.29 is 4.42 Å². The van der Waals surface area contributed by atoms with E-state index in [1.807, 2.05) is 26.0 Å². The standard InChI is InChI=1S/C11H11BrClNOS/c1-5-3-7(6(2)15-5)10(14)9-4-8(12)11(13)16-9/h3-4,10H,14H2,1-2H3. The highest BCUT2D eigenvalue weighted by Crippen LogP contribution is 2.37. The van der Waals surface area contributed by atoms with Crippen molar-refractivity contribution in [1.29, 1.82) is 0 Å². The first-order chi connectivity index (χ1) is 7.49. The summed E-state index contributed by atoms with van der Waals surface area (Å²) in [5.41, 5.74) is 7.20. The Kier molecular flexibility index (Phi) is 3.45. The Balaban J connectivity index is 2.38. The fourth-order valence-corrected chi connectivity index (χ4v) is 3.39. The minimum Gasteiger partial charge on any atom is -0.466 e. The minimum absolute atomic E-state index is 0.175. The number of hydrogen-bond donors (Lipinski definition) is 1. The lowest BCUT2D eigenvalue weighted by atomic mass is 10.1. The normalized spacial score (nSPS) is 13.1. The molecule has 1 atom stereocenters. The van der Waals surface area contributed by atoms with Crippen LogP contribution in [0.1, 0.15) is 28.0 Å². The van der Waals surface area contributed by atoms with E-state index in [9.17, 15) is 0 Å². The molecule has 0 fully saturated rings. The van der Waals surface area contributed by atoms with E-state index in [0.717, 1.165) is 30.8 Å². The van der Waals surface area contributed by atoms with Crippen LogP contribution in [0.4, 0.5) is 0 Å². The Morgan fingerprint density at radius 1 is 1.44 bits per heavy atom. The lowest BCUT2D eigenvalue weighted by Crippen LogP contribution is -2.10. The average Bonchev–Trinajstić information content (AvgIpc) is 2.70. The predicted octanol–water partition coefficient (Wildman–Crippen LogP) is 4.42. The number of furan rings is 1. The van der Waals surface area contributed by atoms with Gasteiger partial charge < -0.3 is 10.2 Å². The zero-order chi connectivity index (χ0) is 11.9. The van der Waals surface area contributed by atoms with Crippen LogP contribution >= 0.6 is 38.9 Å². The number of hydrogen-bond acceptors (Lipinski definition) is 3. The van der Waals surface area contributed by atoms with E-state index in [1.165, 1.54) is 11.3 Å². The van der Waals surface area contributed by atoms with Gasteiger partial charge in [-0.25, -0.2) is 0 Å². The van der Waals surface area contributed by atoms with Gasteiger partial charge in [-0.3, -0.25) is 0 Å². The van der Waals surface area contributed by atoms with Gasteiger partial charge in [-0.05, 0) is 41.9 Å². The molecular weight excluding hydrogens is 310 g/mol. The highest BCUT2D eigenvalue weighted by atomic mass is 79.9. The van der Waals surface area contributed by atoms with Gasteiger partial charge in [0.25, 0.3) is 0 Å². The summed E-state index contributed by atoms with van der Waals surface area (Å²) in [5, 5.41) is 0. The maximum absolute atomic E-state index is 6.18. The molecule has 86 valence electrons. The van der Waals surface area contributed by atoms with Crippen LogP contribution in [0.5, 0.6) is 0 Å². The predicted molar refractivity (Wildman–Crippen MR) is 71.2 cm³/mol. The zero-order valence-corrected chi connectivity index (χ0v) is 12.0. The lowest BCUT2D eigenvalue weighted by molar-refractivity contribution is 0.500. The molecule has 5 heteroatoms. The van der Waals surface area contributed by atoms with Crippen molar-refractivity contribution in [2.75, 3.05) is 0 Å². The molecule has 0 bridgehead atoms. The largest absolute Gasteiger partial charge is 0.466 e. The molecule has 0 aliphatic heterocycles. The Hall–Kier alpha value is -0.290. The summed E-state index contributed by atoms with van der Waals surface area (Å²) in [7, 11) is 0. The number of thiophene rings is 1. The fraction of sp³-hybridized carbons (Fsp3) is 0.273. The summed E-state index contributed by atoms with van der Waals surface area (Å²) >= 11 is 10.9. The number of halogens is 2. The van der Waals surface area contributed by atoms with Gasteiger partial charge in [0.1, 0.15) is 15.9 Å². The monoisotopic (exact) mass is 319 g/mol. The summed E-state index contributed by atoms with van der Waals surface area (Å²) < 4.78 is 7.09. The van der Waals surface area contributed by atoms with Crippen molar-refractivity contribution in [2.24, 2.45) is 5.73 Å². The molecule has 2 nitrogen and oxygen atoms in total. The first-order valence-electron chi connectivity index (χ1n) is 4.76. The zero-order valence-electron chi connectivity index (χ0n) is 8.88. The van der Waals surface area contributed by atoms with Crippen molar-refractivity contribution in [3.8, 4) is 0 Å². The topological polar surface area (TPSA) is 39.2 Å². The third kappa shape index (κ3) is 2.20. The first kappa shape index (κ1) is 12.2. The summed E-state index contributed by atoms with van der Waals surface area (Å²) in [6.07, 6.45) is 0. The fourth-order valence-electron chi connectivity index (χ4n) is 1.63. The van der Waals surface area contributed by atoms with Crippen LogP contribution in [-0.2, 0) is 0 Å². The summed E-state index contributed by atoms with van der Waals surface area (Å²) in [4.78, 5) is 1.03. The van der Waals surface area contributed by atoms with E-state index in [1.54, 1.807) is 0 Å². The Bertz CT molecular complexity index is 501. The van der Waals surface area contributed by atoms with Gasteiger partial charge >= 0.3 is 0 Å². The van der Waals surface area contributed by atoms with Gasteiger partial charge in [-0.2, -0.15) is 0 Å². The number of aryl methyl sites for hydroxylation is 2. The molecule has 0 radical (unpaired) electrons. The lowest BCUT2D eigenvalue weighted by Gasteiger charge is -2.07. The van der Waals surface area contributed by atoms with Crippen molar-refractivity contribution in [1.82, 2.24) is 0 Å². The molecule has 0 aliphatic rings. The van der Waals surface area contributed by atoms with Gasteiger partial charge in [0.2, 0.25) is 0 Å². The van der Waals surface area contributed by atoms with E-state index in [4.69, 9.17) is 21.8 Å². The summed E-state index contributed by atoms with van der Waals surface area (Å²) in [5.74, 6) is 1.75. The molecule has 0 aromatic carbocycles. The maximum atomic E-state index is 6.18. The van der Waals surface area contributed by atoms with Crippen LogP contribution in [0, 0.1) is 13.8 Å². The number of rotatable bonds is 2. The van der Waals surface area contributed by atoms with E-state index in [2.05, 4.69) is 15.9 Å². The van der Waals surface area contributed by atoms with Crippen LogP contribution in [0.15, 0.2) is 21.0 Å². The molecule has 0 aliphatic carbocycles. The highest BCUT2D eigenvalue weighted by Gasteiger charge is 2.18. The second-order valence-electron chi connectivity index (χ2n) is 3.62. The number of nitrogens with two attached hydrogens (primary N) is 1. The molecule has 0 spiro atoms. The van der Waals surface area contributed by atoms with Gasteiger partial charge in [0.05, 0.1) is 6.04 Å². The molecule has 2 rings (SSSR count). The molecule has 0 saturated carbocycles. The third-order valence-electron chi connectivity index (χ3n) is 2.39. The van der Waals surface area contributed by atoms with Crippen molar-refractivity contribution in [2.45, 2.75) is 19.9 Å². The van der Waals surface area contributed by atoms with Crippen LogP contribution in [0.2, 0.25) is 4.34 Å². The molecule has 2 aromatic rings. The van der Waals surface area contributed by atoms with Gasteiger partial charge in [0.15, 0.2) is 0 Å². The average molecular weight is 321 g/mol. The van der Waals surface area contributed by atoms with Crippen molar-refractivity contribution in [3.63, 3.8) is 0 Å². The van der Waals surface area contributed by atoms with Gasteiger partial charge in [0, 0.05) is 14.9 Å². The quantitative estimate of drug-likeness (QED) is 0.889. The van der Waals surface area contributed by atoms with Crippen molar-refractivity contribution >= 4 is 38.9 Å². The van der Waals surface area contributed by atoms with E-state index >= 15 is 0 Å². The third-order valence-corrected chi connectivity index (χ3v) is 4.94. The van der Waals surface area contributed by atoms with E-state index < -0.39 is 0 Å². The van der Waals surface area contributed by atoms with Crippen LogP contribution in [0.3, 0.4) is 0 Å². The maximum Gasteiger partial charge on any atom is 0.107 e. The summed E-state index contributed by atoms with van der Waals surface area (Å²) in [6.45, 7) is 3.84. The molecule has 2 N–H and O–H groups in total. The molecule has 2 aromatic heterocycles. The van der Waals surface area contributed by atoms with E-state index in [0.29, 0.717) is 0 Å². The van der Waals surface area contributed by atoms with Gasteiger partial charge in [-0.15, -0.1) is 11.3 Å².